The maximum atomic E-state index is 9.21. The van der Waals surface area contributed by atoms with Gasteiger partial charge in [-0.25, -0.2) is 0 Å². The molecule has 2 aliphatic rings. The molecule has 0 aromatic rings. The van der Waals surface area contributed by atoms with Crippen molar-refractivity contribution in [3.05, 3.63) is 0 Å². The first-order valence-electron chi connectivity index (χ1n) is 7.13. The van der Waals surface area contributed by atoms with Crippen LogP contribution in [-0.2, 0) is 0 Å². The molecule has 17 heavy (non-hydrogen) atoms. The molecule has 3 atom stereocenters. The molecule has 2 rings (SSSR count). The third-order valence-electron chi connectivity index (χ3n) is 4.48. The first-order chi connectivity index (χ1) is 8.02. The van der Waals surface area contributed by atoms with Crippen LogP contribution in [0.4, 0.5) is 0 Å². The molecule has 0 bridgehead atoms. The third-order valence-corrected chi connectivity index (χ3v) is 4.48. The Morgan fingerprint density at radius 2 is 2.06 bits per heavy atom. The first-order valence-corrected chi connectivity index (χ1v) is 7.13. The van der Waals surface area contributed by atoms with E-state index in [9.17, 15) is 5.11 Å². The van der Waals surface area contributed by atoms with Crippen LogP contribution < -0.4 is 5.32 Å². The molecular weight excluding hydrogens is 212 g/mol. The second kappa shape index (κ2) is 5.25. The zero-order chi connectivity index (χ0) is 12.5. The van der Waals surface area contributed by atoms with E-state index in [1.807, 2.05) is 0 Å². The molecule has 0 saturated carbocycles. The van der Waals surface area contributed by atoms with Gasteiger partial charge >= 0.3 is 0 Å². The average molecular weight is 240 g/mol. The summed E-state index contributed by atoms with van der Waals surface area (Å²) in [5.41, 5.74) is 0.231. The second-order valence-corrected chi connectivity index (χ2v) is 6.74. The van der Waals surface area contributed by atoms with Gasteiger partial charge in [0.1, 0.15) is 0 Å². The van der Waals surface area contributed by atoms with Crippen LogP contribution in [0.25, 0.3) is 0 Å². The fraction of sp³-hybridized carbons (Fsp3) is 1.00. The van der Waals surface area contributed by atoms with Gasteiger partial charge in [-0.15, -0.1) is 0 Å². The molecule has 0 amide bonds. The Balaban J connectivity index is 1.94. The molecule has 0 aromatic carbocycles. The van der Waals surface area contributed by atoms with Gasteiger partial charge < -0.3 is 10.4 Å². The Kier molecular flexibility index (Phi) is 4.11. The van der Waals surface area contributed by atoms with Gasteiger partial charge in [-0.05, 0) is 37.6 Å². The molecule has 3 nitrogen and oxygen atoms in total. The Labute approximate surface area is 106 Å². The van der Waals surface area contributed by atoms with Crippen LogP contribution in [0.1, 0.15) is 46.5 Å². The quantitative estimate of drug-likeness (QED) is 0.783. The highest BCUT2D eigenvalue weighted by atomic mass is 16.3. The highest BCUT2D eigenvalue weighted by Crippen LogP contribution is 2.30. The predicted octanol–water partition coefficient (Wildman–Crippen LogP) is 1.61. The first kappa shape index (κ1) is 13.3. The van der Waals surface area contributed by atoms with Crippen molar-refractivity contribution in [3.8, 4) is 0 Å². The van der Waals surface area contributed by atoms with Crippen molar-refractivity contribution in [1.82, 2.24) is 10.2 Å². The SMILES string of the molecule is CC(C)(C)C(CCO)NC1CCN2CCCC12. The van der Waals surface area contributed by atoms with Crippen LogP contribution in [0.5, 0.6) is 0 Å². The molecular formula is C14H28N2O. The van der Waals surface area contributed by atoms with Gasteiger partial charge in [-0.3, -0.25) is 4.90 Å². The average Bonchev–Trinajstić information content (AvgIpc) is 2.79. The third kappa shape index (κ3) is 3.01. The summed E-state index contributed by atoms with van der Waals surface area (Å²) in [5, 5.41) is 13.0. The van der Waals surface area contributed by atoms with E-state index in [0.717, 1.165) is 12.5 Å². The van der Waals surface area contributed by atoms with Gasteiger partial charge in [0.15, 0.2) is 0 Å². The number of nitrogens with zero attached hydrogens (tertiary/aromatic N) is 1. The molecule has 2 aliphatic heterocycles. The van der Waals surface area contributed by atoms with E-state index in [1.54, 1.807) is 0 Å². The smallest absolute Gasteiger partial charge is 0.0446 e. The fourth-order valence-electron chi connectivity index (χ4n) is 3.43. The minimum absolute atomic E-state index is 0.231. The number of hydrogen-bond acceptors (Lipinski definition) is 3. The number of fused-ring (bicyclic) bond motifs is 1. The summed E-state index contributed by atoms with van der Waals surface area (Å²) in [5.74, 6) is 0. The van der Waals surface area contributed by atoms with E-state index in [2.05, 4.69) is 31.0 Å². The Hall–Kier alpha value is -0.120. The van der Waals surface area contributed by atoms with Crippen LogP contribution >= 0.6 is 0 Å². The van der Waals surface area contributed by atoms with E-state index < -0.39 is 0 Å². The zero-order valence-electron chi connectivity index (χ0n) is 11.6. The molecule has 2 fully saturated rings. The monoisotopic (exact) mass is 240 g/mol. The van der Waals surface area contributed by atoms with Crippen LogP contribution in [-0.4, -0.2) is 47.8 Å². The van der Waals surface area contributed by atoms with Gasteiger partial charge in [0.05, 0.1) is 0 Å². The lowest BCUT2D eigenvalue weighted by Crippen LogP contribution is -2.50. The standard InChI is InChI=1S/C14H28N2O/c1-14(2,3)13(7-10-17)15-11-6-9-16-8-4-5-12(11)16/h11-13,15,17H,4-10H2,1-3H3. The summed E-state index contributed by atoms with van der Waals surface area (Å²) in [6.07, 6.45) is 4.87. The summed E-state index contributed by atoms with van der Waals surface area (Å²) >= 11 is 0. The van der Waals surface area contributed by atoms with Crippen LogP contribution in [0, 0.1) is 5.41 Å². The van der Waals surface area contributed by atoms with Crippen molar-refractivity contribution >= 4 is 0 Å². The maximum absolute atomic E-state index is 9.21. The van der Waals surface area contributed by atoms with E-state index in [4.69, 9.17) is 0 Å². The van der Waals surface area contributed by atoms with Crippen LogP contribution in [0.15, 0.2) is 0 Å². The molecule has 0 aliphatic carbocycles. The molecule has 0 spiro atoms. The molecule has 3 unspecified atom stereocenters. The lowest BCUT2D eigenvalue weighted by Gasteiger charge is -2.35. The number of aliphatic hydroxyl groups excluding tert-OH is 1. The zero-order valence-corrected chi connectivity index (χ0v) is 11.6. The van der Waals surface area contributed by atoms with Crippen molar-refractivity contribution in [3.63, 3.8) is 0 Å². The molecule has 2 heterocycles. The van der Waals surface area contributed by atoms with Gasteiger partial charge in [0.25, 0.3) is 0 Å². The summed E-state index contributed by atoms with van der Waals surface area (Å²) in [6, 6.07) is 1.84. The van der Waals surface area contributed by atoms with E-state index in [-0.39, 0.29) is 12.0 Å². The highest BCUT2D eigenvalue weighted by molar-refractivity contribution is 4.98. The molecule has 3 heteroatoms. The van der Waals surface area contributed by atoms with Gasteiger partial charge in [-0.1, -0.05) is 20.8 Å². The second-order valence-electron chi connectivity index (χ2n) is 6.74. The Bertz CT molecular complexity index is 249. The Morgan fingerprint density at radius 3 is 2.71 bits per heavy atom. The van der Waals surface area contributed by atoms with Gasteiger partial charge in [0.2, 0.25) is 0 Å². The molecule has 0 radical (unpaired) electrons. The summed E-state index contributed by atoms with van der Waals surface area (Å²) < 4.78 is 0. The van der Waals surface area contributed by atoms with Crippen molar-refractivity contribution in [2.75, 3.05) is 19.7 Å². The molecule has 2 N–H and O–H groups in total. The van der Waals surface area contributed by atoms with E-state index >= 15 is 0 Å². The topological polar surface area (TPSA) is 35.5 Å². The van der Waals surface area contributed by atoms with Crippen molar-refractivity contribution in [1.29, 1.82) is 0 Å². The Morgan fingerprint density at radius 1 is 1.29 bits per heavy atom. The minimum atomic E-state index is 0.231. The fourth-order valence-corrected chi connectivity index (χ4v) is 3.43. The minimum Gasteiger partial charge on any atom is -0.396 e. The maximum Gasteiger partial charge on any atom is 0.0446 e. The van der Waals surface area contributed by atoms with E-state index in [0.29, 0.717) is 12.1 Å². The lowest BCUT2D eigenvalue weighted by atomic mass is 9.84. The number of hydrogen-bond donors (Lipinski definition) is 2. The van der Waals surface area contributed by atoms with Crippen LogP contribution in [0.2, 0.25) is 0 Å². The van der Waals surface area contributed by atoms with Gasteiger partial charge in [0, 0.05) is 31.3 Å². The van der Waals surface area contributed by atoms with E-state index in [1.165, 1.54) is 32.4 Å². The molecule has 2 saturated heterocycles. The van der Waals surface area contributed by atoms with Crippen LogP contribution in [0.3, 0.4) is 0 Å². The summed E-state index contributed by atoms with van der Waals surface area (Å²) in [4.78, 5) is 2.64. The van der Waals surface area contributed by atoms with Gasteiger partial charge in [-0.2, -0.15) is 0 Å². The van der Waals surface area contributed by atoms with Crippen molar-refractivity contribution in [2.45, 2.75) is 64.6 Å². The number of nitrogens with one attached hydrogen (secondary N) is 1. The highest BCUT2D eigenvalue weighted by Gasteiger charge is 2.39. The van der Waals surface area contributed by atoms with Crippen molar-refractivity contribution in [2.24, 2.45) is 5.41 Å². The normalized spacial score (nSPS) is 31.8. The number of rotatable bonds is 4. The largest absolute Gasteiger partial charge is 0.396 e. The summed E-state index contributed by atoms with van der Waals surface area (Å²) in [6.45, 7) is 9.64. The number of aliphatic hydroxyl groups is 1. The lowest BCUT2D eigenvalue weighted by molar-refractivity contribution is 0.176. The van der Waals surface area contributed by atoms with Crippen molar-refractivity contribution < 1.29 is 5.11 Å². The predicted molar refractivity (Wildman–Crippen MR) is 71.1 cm³/mol. The molecule has 100 valence electrons. The molecule has 0 aromatic heterocycles. The summed E-state index contributed by atoms with van der Waals surface area (Å²) in [7, 11) is 0.